The lowest BCUT2D eigenvalue weighted by Crippen LogP contribution is -2.39. The first-order chi connectivity index (χ1) is 15.7. The number of rotatable bonds is 3. The van der Waals surface area contributed by atoms with E-state index in [0.29, 0.717) is 36.3 Å². The maximum absolute atomic E-state index is 13.3. The van der Waals surface area contributed by atoms with Crippen LogP contribution in [0.2, 0.25) is 5.02 Å². The van der Waals surface area contributed by atoms with Crippen LogP contribution in [0.25, 0.3) is 0 Å². The van der Waals surface area contributed by atoms with Gasteiger partial charge in [0, 0.05) is 30.9 Å². The molecule has 1 aromatic carbocycles. The number of fused-ring (bicyclic) bond motifs is 1. The van der Waals surface area contributed by atoms with Gasteiger partial charge in [0.05, 0.1) is 23.8 Å². The summed E-state index contributed by atoms with van der Waals surface area (Å²) in [5.74, 6) is 0.00358. The summed E-state index contributed by atoms with van der Waals surface area (Å²) in [6.45, 7) is 7.45. The lowest BCUT2D eigenvalue weighted by atomic mass is 9.90. The standard InChI is InChI=1S/C25H31ClN4O3/c1-25(2,3)33-24(32)29-9-4-5-22(29)20-12-18(26)11-16-8-10-28(15-21(16)20)23(31)17-13-27-30(14-17)19-6-7-19/h11-14,19,22H,4-10,15H2,1-3H3/t22-/m0/s1. The van der Waals surface area contributed by atoms with Crippen LogP contribution in [0.4, 0.5) is 4.79 Å². The number of likely N-dealkylation sites (tertiary alicyclic amines) is 1. The second-order valence-electron chi connectivity index (χ2n) is 10.4. The molecule has 2 aliphatic heterocycles. The van der Waals surface area contributed by atoms with E-state index >= 15 is 0 Å². The fourth-order valence-electron chi connectivity index (χ4n) is 4.93. The summed E-state index contributed by atoms with van der Waals surface area (Å²) in [6.07, 6.45) is 8.03. The van der Waals surface area contributed by atoms with E-state index in [1.54, 1.807) is 6.20 Å². The molecule has 1 saturated carbocycles. The van der Waals surface area contributed by atoms with Crippen molar-refractivity contribution in [1.29, 1.82) is 0 Å². The molecule has 8 heteroatoms. The molecule has 1 atom stereocenters. The Morgan fingerprint density at radius 2 is 1.94 bits per heavy atom. The Bertz CT molecular complexity index is 1090. The Hall–Kier alpha value is -2.54. The average Bonchev–Trinajstić information content (AvgIpc) is 3.28. The van der Waals surface area contributed by atoms with E-state index < -0.39 is 5.60 Å². The molecule has 1 aliphatic carbocycles. The molecule has 2 amide bonds. The molecule has 0 spiro atoms. The quantitative estimate of drug-likeness (QED) is 0.622. The summed E-state index contributed by atoms with van der Waals surface area (Å²) in [6, 6.07) is 4.32. The van der Waals surface area contributed by atoms with Crippen molar-refractivity contribution in [3.63, 3.8) is 0 Å². The number of halogens is 1. The number of nitrogens with zero attached hydrogens (tertiary/aromatic N) is 4. The Morgan fingerprint density at radius 3 is 2.67 bits per heavy atom. The minimum atomic E-state index is -0.549. The number of benzene rings is 1. The first kappa shape index (κ1) is 22.3. The first-order valence-electron chi connectivity index (χ1n) is 11.8. The molecule has 176 valence electrons. The van der Waals surface area contributed by atoms with Crippen molar-refractivity contribution in [2.75, 3.05) is 13.1 Å². The van der Waals surface area contributed by atoms with E-state index in [1.807, 2.05) is 53.6 Å². The summed E-state index contributed by atoms with van der Waals surface area (Å²) in [5, 5.41) is 5.05. The van der Waals surface area contributed by atoms with Gasteiger partial charge >= 0.3 is 6.09 Å². The van der Waals surface area contributed by atoms with E-state index in [4.69, 9.17) is 16.3 Å². The van der Waals surface area contributed by atoms with E-state index in [-0.39, 0.29) is 18.0 Å². The van der Waals surface area contributed by atoms with Gasteiger partial charge in [-0.2, -0.15) is 5.10 Å². The Kier molecular flexibility index (Phi) is 5.63. The van der Waals surface area contributed by atoms with Crippen molar-refractivity contribution in [3.8, 4) is 0 Å². The van der Waals surface area contributed by atoms with Crippen LogP contribution >= 0.6 is 11.6 Å². The fourth-order valence-corrected chi connectivity index (χ4v) is 5.18. The minimum Gasteiger partial charge on any atom is -0.444 e. The second-order valence-corrected chi connectivity index (χ2v) is 10.8. The lowest BCUT2D eigenvalue weighted by Gasteiger charge is -2.34. The molecule has 3 heterocycles. The minimum absolute atomic E-state index is 0.00358. The molecule has 3 aliphatic rings. The van der Waals surface area contributed by atoms with Gasteiger partial charge in [0.1, 0.15) is 5.60 Å². The highest BCUT2D eigenvalue weighted by Crippen LogP contribution is 2.39. The number of aromatic nitrogens is 2. The first-order valence-corrected chi connectivity index (χ1v) is 12.2. The molecule has 0 unspecified atom stereocenters. The van der Waals surface area contributed by atoms with Gasteiger partial charge in [-0.25, -0.2) is 4.79 Å². The zero-order valence-corrected chi connectivity index (χ0v) is 20.3. The molecule has 0 N–H and O–H groups in total. The summed E-state index contributed by atoms with van der Waals surface area (Å²) in [7, 11) is 0. The Balaban J connectivity index is 1.41. The number of carbonyl (C=O) groups excluding carboxylic acids is 2. The SMILES string of the molecule is CC(C)(C)OC(=O)N1CCC[C@H]1c1cc(Cl)cc2c1CN(C(=O)c1cnn(C3CC3)c1)CC2. The highest BCUT2D eigenvalue weighted by molar-refractivity contribution is 6.30. The van der Waals surface area contributed by atoms with Crippen molar-refractivity contribution in [2.45, 2.75) is 77.1 Å². The van der Waals surface area contributed by atoms with Gasteiger partial charge in [-0.1, -0.05) is 11.6 Å². The third kappa shape index (κ3) is 4.60. The number of amides is 2. The maximum Gasteiger partial charge on any atom is 0.410 e. The molecule has 0 bridgehead atoms. The molecule has 2 aromatic rings. The zero-order valence-electron chi connectivity index (χ0n) is 19.5. The van der Waals surface area contributed by atoms with Crippen molar-refractivity contribution < 1.29 is 14.3 Å². The highest BCUT2D eigenvalue weighted by atomic mass is 35.5. The van der Waals surface area contributed by atoms with E-state index in [2.05, 4.69) is 5.10 Å². The van der Waals surface area contributed by atoms with Crippen LogP contribution in [0.1, 0.15) is 85.6 Å². The maximum atomic E-state index is 13.3. The van der Waals surface area contributed by atoms with Crippen LogP contribution in [0.15, 0.2) is 24.5 Å². The monoisotopic (exact) mass is 470 g/mol. The molecule has 0 radical (unpaired) electrons. The molecule has 7 nitrogen and oxygen atoms in total. The summed E-state index contributed by atoms with van der Waals surface area (Å²) < 4.78 is 7.58. The van der Waals surface area contributed by atoms with Crippen molar-refractivity contribution in [1.82, 2.24) is 19.6 Å². The Morgan fingerprint density at radius 1 is 1.15 bits per heavy atom. The highest BCUT2D eigenvalue weighted by Gasteiger charge is 2.36. The molecule has 33 heavy (non-hydrogen) atoms. The number of carbonyl (C=O) groups is 2. The van der Waals surface area contributed by atoms with E-state index in [1.165, 1.54) is 0 Å². The summed E-state index contributed by atoms with van der Waals surface area (Å²) in [5.41, 5.74) is 3.39. The number of hydrogen-bond donors (Lipinski definition) is 0. The number of ether oxygens (including phenoxy) is 1. The second kappa shape index (κ2) is 8.35. The fraction of sp³-hybridized carbons (Fsp3) is 0.560. The van der Waals surface area contributed by atoms with Gasteiger partial charge in [-0.15, -0.1) is 0 Å². The molecule has 1 saturated heterocycles. The van der Waals surface area contributed by atoms with E-state index in [0.717, 1.165) is 48.8 Å². The number of hydrogen-bond acceptors (Lipinski definition) is 4. The summed E-state index contributed by atoms with van der Waals surface area (Å²) in [4.78, 5) is 29.9. The van der Waals surface area contributed by atoms with Crippen LogP contribution in [0.3, 0.4) is 0 Å². The molecule has 1 aromatic heterocycles. The van der Waals surface area contributed by atoms with E-state index in [9.17, 15) is 9.59 Å². The molecular weight excluding hydrogens is 440 g/mol. The average molecular weight is 471 g/mol. The van der Waals surface area contributed by atoms with Crippen LogP contribution in [0, 0.1) is 0 Å². The van der Waals surface area contributed by atoms with Crippen LogP contribution in [-0.2, 0) is 17.7 Å². The Labute approximate surface area is 199 Å². The zero-order chi connectivity index (χ0) is 23.3. The third-order valence-electron chi connectivity index (χ3n) is 6.64. The van der Waals surface area contributed by atoms with Crippen molar-refractivity contribution >= 4 is 23.6 Å². The van der Waals surface area contributed by atoms with Gasteiger partial charge in [-0.3, -0.25) is 9.48 Å². The van der Waals surface area contributed by atoms with Gasteiger partial charge in [0.25, 0.3) is 5.91 Å². The molecule has 2 fully saturated rings. The molecular formula is C25H31ClN4O3. The third-order valence-corrected chi connectivity index (χ3v) is 6.86. The van der Waals surface area contributed by atoms with Crippen LogP contribution in [0.5, 0.6) is 0 Å². The van der Waals surface area contributed by atoms with Crippen LogP contribution in [-0.4, -0.2) is 50.3 Å². The van der Waals surface area contributed by atoms with Gasteiger partial charge in [0.2, 0.25) is 0 Å². The van der Waals surface area contributed by atoms with Gasteiger partial charge in [-0.05, 0) is 81.7 Å². The summed E-state index contributed by atoms with van der Waals surface area (Å²) >= 11 is 6.50. The molecule has 5 rings (SSSR count). The van der Waals surface area contributed by atoms with Gasteiger partial charge in [0.15, 0.2) is 0 Å². The van der Waals surface area contributed by atoms with Crippen molar-refractivity contribution in [2.24, 2.45) is 0 Å². The van der Waals surface area contributed by atoms with Crippen molar-refractivity contribution in [3.05, 3.63) is 51.8 Å². The lowest BCUT2D eigenvalue weighted by molar-refractivity contribution is 0.0222. The predicted molar refractivity (Wildman–Crippen MR) is 125 cm³/mol. The normalized spacial score (nSPS) is 20.7. The van der Waals surface area contributed by atoms with Gasteiger partial charge < -0.3 is 14.5 Å². The smallest absolute Gasteiger partial charge is 0.410 e. The topological polar surface area (TPSA) is 67.7 Å². The predicted octanol–water partition coefficient (Wildman–Crippen LogP) is 5.14. The van der Waals surface area contributed by atoms with Crippen LogP contribution < -0.4 is 0 Å². The largest absolute Gasteiger partial charge is 0.444 e.